The summed E-state index contributed by atoms with van der Waals surface area (Å²) in [5.41, 5.74) is 3.67. The molecule has 1 aliphatic heterocycles. The van der Waals surface area contributed by atoms with Crippen molar-refractivity contribution in [3.63, 3.8) is 0 Å². The Morgan fingerprint density at radius 2 is 1.91 bits per heavy atom. The maximum absolute atomic E-state index is 12.6. The van der Waals surface area contributed by atoms with Gasteiger partial charge in [0.15, 0.2) is 0 Å². The molecule has 32 heavy (non-hydrogen) atoms. The Morgan fingerprint density at radius 1 is 1.12 bits per heavy atom. The van der Waals surface area contributed by atoms with Crippen LogP contribution in [0.4, 0.5) is 5.69 Å². The number of fused-ring (bicyclic) bond motifs is 1. The summed E-state index contributed by atoms with van der Waals surface area (Å²) < 4.78 is 11.5. The molecule has 164 valence electrons. The number of ether oxygens (including phenoxy) is 2. The second kappa shape index (κ2) is 9.51. The van der Waals surface area contributed by atoms with Crippen LogP contribution in [0.2, 0.25) is 0 Å². The molecule has 0 atom stereocenters. The fourth-order valence-electron chi connectivity index (χ4n) is 3.62. The molecule has 7 nitrogen and oxygen atoms in total. The van der Waals surface area contributed by atoms with Crippen LogP contribution in [0.5, 0.6) is 17.4 Å². The van der Waals surface area contributed by atoms with Crippen molar-refractivity contribution in [1.82, 2.24) is 10.3 Å². The zero-order chi connectivity index (χ0) is 22.5. The van der Waals surface area contributed by atoms with Crippen LogP contribution in [0.25, 0.3) is 0 Å². The molecule has 0 aliphatic carbocycles. The summed E-state index contributed by atoms with van der Waals surface area (Å²) >= 11 is 0. The molecule has 1 aliphatic rings. The Hall–Kier alpha value is -3.87. The van der Waals surface area contributed by atoms with Crippen molar-refractivity contribution in [3.05, 3.63) is 77.5 Å². The molecule has 0 radical (unpaired) electrons. The number of benzene rings is 2. The van der Waals surface area contributed by atoms with Crippen molar-refractivity contribution in [2.45, 2.75) is 26.8 Å². The summed E-state index contributed by atoms with van der Waals surface area (Å²) in [4.78, 5) is 30.8. The van der Waals surface area contributed by atoms with E-state index in [2.05, 4.69) is 16.4 Å². The van der Waals surface area contributed by atoms with Gasteiger partial charge in [-0.1, -0.05) is 18.2 Å². The number of carbonyl (C=O) groups excluding carboxylic acids is 2. The Kier molecular flexibility index (Phi) is 6.35. The molecule has 7 heteroatoms. The number of carbonyl (C=O) groups is 2. The van der Waals surface area contributed by atoms with Crippen molar-refractivity contribution in [3.8, 4) is 17.4 Å². The van der Waals surface area contributed by atoms with Gasteiger partial charge >= 0.3 is 0 Å². The van der Waals surface area contributed by atoms with E-state index in [0.717, 1.165) is 22.4 Å². The van der Waals surface area contributed by atoms with Gasteiger partial charge in [0.05, 0.1) is 18.7 Å². The number of aryl methyl sites for hydroxylation is 2. The number of amides is 2. The van der Waals surface area contributed by atoms with Gasteiger partial charge in [-0.05, 0) is 60.9 Å². The fourth-order valence-corrected chi connectivity index (χ4v) is 3.62. The summed E-state index contributed by atoms with van der Waals surface area (Å²) in [6.45, 7) is 4.55. The molecule has 0 bridgehead atoms. The van der Waals surface area contributed by atoms with Crippen LogP contribution in [0, 0.1) is 13.8 Å². The van der Waals surface area contributed by atoms with Crippen LogP contribution < -0.4 is 19.7 Å². The first-order chi connectivity index (χ1) is 15.5. The lowest BCUT2D eigenvalue weighted by molar-refractivity contribution is -0.124. The van der Waals surface area contributed by atoms with Gasteiger partial charge in [0, 0.05) is 18.8 Å². The number of pyridine rings is 1. The second-order valence-corrected chi connectivity index (χ2v) is 7.75. The molecule has 0 unspecified atom stereocenters. The summed E-state index contributed by atoms with van der Waals surface area (Å²) in [6, 6.07) is 16.8. The van der Waals surface area contributed by atoms with Crippen molar-refractivity contribution in [2.75, 3.05) is 18.1 Å². The monoisotopic (exact) mass is 431 g/mol. The average molecular weight is 431 g/mol. The third-order valence-electron chi connectivity index (χ3n) is 5.04. The third-order valence-corrected chi connectivity index (χ3v) is 5.04. The van der Waals surface area contributed by atoms with E-state index in [1.165, 1.54) is 4.90 Å². The highest BCUT2D eigenvalue weighted by Crippen LogP contribution is 2.30. The van der Waals surface area contributed by atoms with Crippen molar-refractivity contribution >= 4 is 17.5 Å². The van der Waals surface area contributed by atoms with Gasteiger partial charge in [-0.3, -0.25) is 14.5 Å². The predicted molar refractivity (Wildman–Crippen MR) is 121 cm³/mol. The predicted octanol–water partition coefficient (Wildman–Crippen LogP) is 3.92. The first kappa shape index (κ1) is 21.4. The second-order valence-electron chi connectivity index (χ2n) is 7.75. The lowest BCUT2D eigenvalue weighted by Gasteiger charge is -2.21. The third kappa shape index (κ3) is 5.24. The quantitative estimate of drug-likeness (QED) is 0.640. The van der Waals surface area contributed by atoms with Crippen LogP contribution >= 0.6 is 0 Å². The molecule has 2 heterocycles. The smallest absolute Gasteiger partial charge is 0.240 e. The first-order valence-corrected chi connectivity index (χ1v) is 10.5. The van der Waals surface area contributed by atoms with Crippen LogP contribution in [0.15, 0.2) is 60.8 Å². The van der Waals surface area contributed by atoms with Gasteiger partial charge in [-0.2, -0.15) is 0 Å². The molecule has 1 N–H and O–H groups in total. The molecule has 0 spiro atoms. The molecule has 3 aromatic rings. The van der Waals surface area contributed by atoms with E-state index in [-0.39, 0.29) is 24.8 Å². The minimum atomic E-state index is -0.261. The molecular weight excluding hydrogens is 406 g/mol. The largest absolute Gasteiger partial charge is 0.491 e. The van der Waals surface area contributed by atoms with Crippen molar-refractivity contribution < 1.29 is 19.1 Å². The molecule has 0 saturated carbocycles. The average Bonchev–Trinajstić information content (AvgIpc) is 2.91. The van der Waals surface area contributed by atoms with E-state index in [1.54, 1.807) is 24.4 Å². The number of rotatable bonds is 6. The number of aromatic nitrogens is 1. The standard InChI is InChI=1S/C25H25N3O4/c1-17-11-18(2)13-20(12-17)32-24-14-19(7-9-26-24)15-27-23(29)16-28-21-5-3-4-6-22(21)31-10-8-25(28)30/h3-7,9,11-14H,8,10,15-16H2,1-2H3,(H,27,29). The van der Waals surface area contributed by atoms with Crippen LogP contribution in [0.1, 0.15) is 23.1 Å². The van der Waals surface area contributed by atoms with Crippen molar-refractivity contribution in [1.29, 1.82) is 0 Å². The maximum atomic E-state index is 12.6. The van der Waals surface area contributed by atoms with Gasteiger partial charge in [-0.25, -0.2) is 4.98 Å². The minimum absolute atomic E-state index is 0.0732. The Morgan fingerprint density at radius 3 is 2.72 bits per heavy atom. The Balaban J connectivity index is 1.39. The summed E-state index contributed by atoms with van der Waals surface area (Å²) in [6.07, 6.45) is 1.87. The Bertz CT molecular complexity index is 1130. The fraction of sp³-hybridized carbons (Fsp3) is 0.240. The van der Waals surface area contributed by atoms with Gasteiger partial charge in [0.25, 0.3) is 0 Å². The van der Waals surface area contributed by atoms with E-state index in [9.17, 15) is 9.59 Å². The molecule has 0 saturated heterocycles. The van der Waals surface area contributed by atoms with E-state index in [4.69, 9.17) is 9.47 Å². The molecule has 0 fully saturated rings. The number of nitrogens with zero attached hydrogens (tertiary/aromatic N) is 2. The minimum Gasteiger partial charge on any atom is -0.491 e. The topological polar surface area (TPSA) is 80.8 Å². The lowest BCUT2D eigenvalue weighted by atomic mass is 10.1. The first-order valence-electron chi connectivity index (χ1n) is 10.5. The SMILES string of the molecule is Cc1cc(C)cc(Oc2cc(CNC(=O)CN3C(=O)CCOc4ccccc43)ccn2)c1. The van der Waals surface area contributed by atoms with Crippen LogP contribution in [-0.4, -0.2) is 29.9 Å². The van der Waals surface area contributed by atoms with E-state index in [1.807, 2.05) is 44.2 Å². The molecule has 1 aromatic heterocycles. The Labute approximate surface area is 187 Å². The summed E-state index contributed by atoms with van der Waals surface area (Å²) in [5.74, 6) is 1.38. The number of hydrogen-bond acceptors (Lipinski definition) is 5. The van der Waals surface area contributed by atoms with Gasteiger partial charge in [-0.15, -0.1) is 0 Å². The highest BCUT2D eigenvalue weighted by Gasteiger charge is 2.24. The van der Waals surface area contributed by atoms with Crippen LogP contribution in [0.3, 0.4) is 0 Å². The van der Waals surface area contributed by atoms with Gasteiger partial charge in [0.2, 0.25) is 17.7 Å². The van der Waals surface area contributed by atoms with E-state index >= 15 is 0 Å². The van der Waals surface area contributed by atoms with E-state index in [0.29, 0.717) is 30.5 Å². The van der Waals surface area contributed by atoms with Crippen LogP contribution in [-0.2, 0) is 16.1 Å². The zero-order valence-electron chi connectivity index (χ0n) is 18.1. The number of anilines is 1. The normalized spacial score (nSPS) is 13.1. The molecule has 2 amide bonds. The molecule has 4 rings (SSSR count). The lowest BCUT2D eigenvalue weighted by Crippen LogP contribution is -2.40. The zero-order valence-corrected chi connectivity index (χ0v) is 18.1. The number of nitrogens with one attached hydrogen (secondary N) is 1. The van der Waals surface area contributed by atoms with Crippen molar-refractivity contribution in [2.24, 2.45) is 0 Å². The number of hydrogen-bond donors (Lipinski definition) is 1. The summed E-state index contributed by atoms with van der Waals surface area (Å²) in [5, 5.41) is 2.87. The highest BCUT2D eigenvalue weighted by atomic mass is 16.5. The van der Waals surface area contributed by atoms with Gasteiger partial charge < -0.3 is 14.8 Å². The maximum Gasteiger partial charge on any atom is 0.240 e. The summed E-state index contributed by atoms with van der Waals surface area (Å²) in [7, 11) is 0. The molecule has 2 aromatic carbocycles. The highest BCUT2D eigenvalue weighted by molar-refractivity contribution is 6.00. The van der Waals surface area contributed by atoms with Gasteiger partial charge in [0.1, 0.15) is 18.0 Å². The van der Waals surface area contributed by atoms with E-state index < -0.39 is 0 Å². The molecular formula is C25H25N3O4. The number of para-hydroxylation sites is 2.